The van der Waals surface area contributed by atoms with Crippen molar-refractivity contribution in [1.29, 1.82) is 0 Å². The summed E-state index contributed by atoms with van der Waals surface area (Å²) in [6, 6.07) is 8.79. The van der Waals surface area contributed by atoms with Gasteiger partial charge in [-0.25, -0.2) is 0 Å². The average molecular weight is 450 g/mol. The number of ether oxygens (including phenoxy) is 5. The second-order valence-corrected chi connectivity index (χ2v) is 7.25. The lowest BCUT2D eigenvalue weighted by molar-refractivity contribution is -0.248. The van der Waals surface area contributed by atoms with E-state index >= 15 is 0 Å². The van der Waals surface area contributed by atoms with Crippen molar-refractivity contribution in [3.8, 4) is 0 Å². The number of ketones is 1. The number of Topliss-reactive ketones (excluding diaryl/α,β-unsaturated/α-hetero) is 1. The number of esters is 4. The first-order valence-corrected chi connectivity index (χ1v) is 9.95. The maximum atomic E-state index is 13.1. The highest BCUT2D eigenvalue weighted by molar-refractivity contribution is 5.86. The number of hydrogen-bond donors (Lipinski definition) is 0. The van der Waals surface area contributed by atoms with Crippen LogP contribution in [0.1, 0.15) is 33.3 Å². The fourth-order valence-corrected chi connectivity index (χ4v) is 3.39. The van der Waals surface area contributed by atoms with Crippen molar-refractivity contribution in [2.45, 2.75) is 64.6 Å². The van der Waals surface area contributed by atoms with E-state index in [2.05, 4.69) is 0 Å². The van der Waals surface area contributed by atoms with Crippen LogP contribution >= 0.6 is 0 Å². The van der Waals surface area contributed by atoms with Crippen LogP contribution in [0.25, 0.3) is 0 Å². The molecule has 2 rings (SSSR count). The molecule has 5 atom stereocenters. The maximum Gasteiger partial charge on any atom is 0.303 e. The van der Waals surface area contributed by atoms with Crippen LogP contribution in [0.2, 0.25) is 0 Å². The molecule has 0 amide bonds. The van der Waals surface area contributed by atoms with Gasteiger partial charge in [-0.1, -0.05) is 30.3 Å². The quantitative estimate of drug-likeness (QED) is 0.416. The number of benzene rings is 1. The van der Waals surface area contributed by atoms with Crippen molar-refractivity contribution in [3.05, 3.63) is 35.9 Å². The second-order valence-electron chi connectivity index (χ2n) is 7.25. The molecule has 174 valence electrons. The lowest BCUT2D eigenvalue weighted by atomic mass is 9.90. The molecule has 10 heteroatoms. The van der Waals surface area contributed by atoms with E-state index in [4.69, 9.17) is 23.7 Å². The van der Waals surface area contributed by atoms with E-state index in [1.54, 1.807) is 30.3 Å². The highest BCUT2D eigenvalue weighted by atomic mass is 16.7. The molecule has 1 heterocycles. The Morgan fingerprint density at radius 1 is 0.750 bits per heavy atom. The van der Waals surface area contributed by atoms with Crippen LogP contribution in [-0.4, -0.2) is 66.8 Å². The fourth-order valence-electron chi connectivity index (χ4n) is 3.39. The molecular weight excluding hydrogens is 424 g/mol. The van der Waals surface area contributed by atoms with Gasteiger partial charge in [-0.05, 0) is 5.56 Å². The van der Waals surface area contributed by atoms with Crippen LogP contribution < -0.4 is 0 Å². The fraction of sp³-hybridized carbons (Fsp3) is 0.500. The third kappa shape index (κ3) is 7.16. The van der Waals surface area contributed by atoms with Crippen LogP contribution in [0.5, 0.6) is 0 Å². The Bertz CT molecular complexity index is 850. The summed E-state index contributed by atoms with van der Waals surface area (Å²) in [4.78, 5) is 59.8. The summed E-state index contributed by atoms with van der Waals surface area (Å²) in [5.74, 6) is -3.35. The monoisotopic (exact) mass is 450 g/mol. The third-order valence-corrected chi connectivity index (χ3v) is 4.53. The van der Waals surface area contributed by atoms with Crippen LogP contribution in [0.15, 0.2) is 30.3 Å². The van der Waals surface area contributed by atoms with Gasteiger partial charge < -0.3 is 23.7 Å². The van der Waals surface area contributed by atoms with E-state index < -0.39 is 60.2 Å². The van der Waals surface area contributed by atoms with Gasteiger partial charge in [-0.2, -0.15) is 0 Å². The van der Waals surface area contributed by atoms with E-state index in [0.717, 1.165) is 20.8 Å². The molecule has 32 heavy (non-hydrogen) atoms. The smallest absolute Gasteiger partial charge is 0.303 e. The molecule has 0 radical (unpaired) electrons. The summed E-state index contributed by atoms with van der Waals surface area (Å²) >= 11 is 0. The Morgan fingerprint density at radius 3 is 1.81 bits per heavy atom. The molecular formula is C22H26O10. The molecule has 1 fully saturated rings. The maximum absolute atomic E-state index is 13.1. The van der Waals surface area contributed by atoms with Gasteiger partial charge in [0.15, 0.2) is 30.2 Å². The van der Waals surface area contributed by atoms with E-state index in [9.17, 15) is 24.0 Å². The molecule has 1 aliphatic heterocycles. The SMILES string of the molecule is CC(=O)OC[C@H]1O[C@H](C(=O)Cc2ccccc2)[C@H](OC(C)=O)[C@@H](OC(C)=O)[C@@H]1OC(C)=O. The standard InChI is InChI=1S/C22H26O10/c1-12(23)28-11-18-20(29-13(2)24)22(31-15(4)26)21(30-14(3)25)19(32-18)17(27)10-16-8-6-5-7-9-16/h5-9,18-22H,10-11H2,1-4H3/t18-,19-,20-,21+,22+/m1/s1. The number of carbonyl (C=O) groups excluding carboxylic acids is 5. The first kappa shape index (κ1) is 25.0. The van der Waals surface area contributed by atoms with Crippen molar-refractivity contribution >= 4 is 29.7 Å². The van der Waals surface area contributed by atoms with Crippen molar-refractivity contribution in [2.24, 2.45) is 0 Å². The molecule has 1 aromatic carbocycles. The molecule has 0 aromatic heterocycles. The minimum atomic E-state index is -1.38. The molecule has 1 aromatic rings. The molecule has 10 nitrogen and oxygen atoms in total. The van der Waals surface area contributed by atoms with Gasteiger partial charge in [0.25, 0.3) is 0 Å². The second kappa shape index (κ2) is 11.4. The molecule has 1 aliphatic rings. The summed E-state index contributed by atoms with van der Waals surface area (Å²) in [5.41, 5.74) is 0.686. The first-order chi connectivity index (χ1) is 15.1. The Hall–Kier alpha value is -3.27. The van der Waals surface area contributed by atoms with Gasteiger partial charge >= 0.3 is 23.9 Å². The van der Waals surface area contributed by atoms with Crippen molar-refractivity contribution in [1.82, 2.24) is 0 Å². The zero-order valence-corrected chi connectivity index (χ0v) is 18.3. The third-order valence-electron chi connectivity index (χ3n) is 4.53. The Morgan fingerprint density at radius 2 is 1.28 bits per heavy atom. The van der Waals surface area contributed by atoms with Gasteiger partial charge in [0, 0.05) is 34.1 Å². The predicted molar refractivity (Wildman–Crippen MR) is 107 cm³/mol. The largest absolute Gasteiger partial charge is 0.463 e. The number of rotatable bonds is 8. The molecule has 1 saturated heterocycles. The zero-order valence-electron chi connectivity index (χ0n) is 18.3. The van der Waals surface area contributed by atoms with Crippen LogP contribution in [0.3, 0.4) is 0 Å². The van der Waals surface area contributed by atoms with Crippen LogP contribution in [0, 0.1) is 0 Å². The van der Waals surface area contributed by atoms with Gasteiger partial charge in [-0.3, -0.25) is 24.0 Å². The van der Waals surface area contributed by atoms with Gasteiger partial charge in [0.2, 0.25) is 0 Å². The highest BCUT2D eigenvalue weighted by Gasteiger charge is 2.54. The number of hydrogen-bond acceptors (Lipinski definition) is 10. The van der Waals surface area contributed by atoms with Gasteiger partial charge in [-0.15, -0.1) is 0 Å². The lowest BCUT2D eigenvalue weighted by Crippen LogP contribution is -2.64. The average Bonchev–Trinajstić information content (AvgIpc) is 2.69. The summed E-state index contributed by atoms with van der Waals surface area (Å²) in [7, 11) is 0. The van der Waals surface area contributed by atoms with Gasteiger partial charge in [0.1, 0.15) is 12.7 Å². The van der Waals surface area contributed by atoms with Crippen molar-refractivity contribution in [3.63, 3.8) is 0 Å². The van der Waals surface area contributed by atoms with Crippen LogP contribution in [0.4, 0.5) is 0 Å². The van der Waals surface area contributed by atoms with Crippen molar-refractivity contribution in [2.75, 3.05) is 6.61 Å². The van der Waals surface area contributed by atoms with Crippen LogP contribution in [-0.2, 0) is 54.1 Å². The Labute approximate surface area is 185 Å². The zero-order chi connectivity index (χ0) is 23.8. The molecule has 0 bridgehead atoms. The molecule has 0 N–H and O–H groups in total. The summed E-state index contributed by atoms with van der Waals surface area (Å²) in [5, 5.41) is 0. The number of carbonyl (C=O) groups is 5. The van der Waals surface area contributed by atoms with E-state index in [1.165, 1.54) is 6.92 Å². The highest BCUT2D eigenvalue weighted by Crippen LogP contribution is 2.30. The van der Waals surface area contributed by atoms with Gasteiger partial charge in [0.05, 0.1) is 0 Å². The molecule has 0 aliphatic carbocycles. The molecule has 0 unspecified atom stereocenters. The van der Waals surface area contributed by atoms with E-state index in [0.29, 0.717) is 5.56 Å². The lowest BCUT2D eigenvalue weighted by Gasteiger charge is -2.43. The first-order valence-electron chi connectivity index (χ1n) is 9.95. The molecule has 0 spiro atoms. The summed E-state index contributed by atoms with van der Waals surface area (Å²) in [6.45, 7) is 4.16. The van der Waals surface area contributed by atoms with Crippen molar-refractivity contribution < 1.29 is 47.7 Å². The topological polar surface area (TPSA) is 132 Å². The van der Waals surface area contributed by atoms with E-state index in [1.807, 2.05) is 0 Å². The Balaban J connectivity index is 2.44. The van der Waals surface area contributed by atoms with E-state index in [-0.39, 0.29) is 13.0 Å². The predicted octanol–water partition coefficient (Wildman–Crippen LogP) is 0.924. The minimum absolute atomic E-state index is 0.0609. The summed E-state index contributed by atoms with van der Waals surface area (Å²) in [6.07, 6.45) is -6.61. The Kier molecular flexibility index (Phi) is 8.89. The minimum Gasteiger partial charge on any atom is -0.463 e. The normalized spacial score (nSPS) is 24.7. The summed E-state index contributed by atoms with van der Waals surface area (Å²) < 4.78 is 26.7. The molecule has 0 saturated carbocycles.